The molecule has 0 amide bonds. The topological polar surface area (TPSA) is 105 Å². The van der Waals surface area contributed by atoms with Crippen LogP contribution in [0.1, 0.15) is 18.4 Å². The van der Waals surface area contributed by atoms with E-state index in [1.165, 1.54) is 0 Å². The molecular formula is C23H26IN5O3S. The van der Waals surface area contributed by atoms with Crippen molar-refractivity contribution in [2.75, 3.05) is 30.8 Å². The molecule has 0 saturated carbocycles. The Bertz CT molecular complexity index is 1230. The van der Waals surface area contributed by atoms with Crippen LogP contribution in [0.4, 0.5) is 23.1 Å². The molecule has 0 aliphatic carbocycles. The molecule has 2 aromatic carbocycles. The zero-order chi connectivity index (χ0) is 23.4. The summed E-state index contributed by atoms with van der Waals surface area (Å²) >= 11 is 2.22. The normalized spacial score (nSPS) is 14.6. The Morgan fingerprint density at radius 2 is 1.76 bits per heavy atom. The van der Waals surface area contributed by atoms with E-state index in [1.807, 2.05) is 25.1 Å². The van der Waals surface area contributed by atoms with Gasteiger partial charge in [-0.25, -0.2) is 13.4 Å². The molecule has 1 aromatic heterocycles. The van der Waals surface area contributed by atoms with Crippen molar-refractivity contribution in [1.29, 1.82) is 0 Å². The van der Waals surface area contributed by atoms with Gasteiger partial charge in [0.15, 0.2) is 9.84 Å². The molecule has 1 fully saturated rings. The number of hydrogen-bond acceptors (Lipinski definition) is 8. The van der Waals surface area contributed by atoms with Gasteiger partial charge in [0.2, 0.25) is 5.95 Å². The molecule has 4 rings (SSSR count). The Hall–Kier alpha value is -2.44. The first kappa shape index (κ1) is 23.7. The van der Waals surface area contributed by atoms with Crippen molar-refractivity contribution >= 4 is 55.6 Å². The van der Waals surface area contributed by atoms with Crippen molar-refractivity contribution in [3.05, 3.63) is 57.8 Å². The van der Waals surface area contributed by atoms with E-state index in [0.717, 1.165) is 33.7 Å². The number of methoxy groups -OCH3 is 1. The van der Waals surface area contributed by atoms with Gasteiger partial charge in [-0.15, -0.1) is 0 Å². The van der Waals surface area contributed by atoms with E-state index in [2.05, 4.69) is 48.5 Å². The molecule has 0 unspecified atom stereocenters. The SMILES string of the molecule is COc1cc(Nc2nc(Nc3ccc(S(=O)(=O)C4CCNCC4)cc3)ncc2C)ccc1I. The Balaban J connectivity index is 1.49. The second-order valence-electron chi connectivity index (χ2n) is 7.84. The summed E-state index contributed by atoms with van der Waals surface area (Å²) in [6.45, 7) is 3.40. The number of halogens is 1. The van der Waals surface area contributed by atoms with Crippen molar-refractivity contribution in [2.24, 2.45) is 0 Å². The van der Waals surface area contributed by atoms with Gasteiger partial charge in [-0.05, 0) is 91.8 Å². The van der Waals surface area contributed by atoms with Crippen LogP contribution < -0.4 is 20.7 Å². The Labute approximate surface area is 207 Å². The van der Waals surface area contributed by atoms with E-state index < -0.39 is 9.84 Å². The van der Waals surface area contributed by atoms with Crippen LogP contribution in [0.3, 0.4) is 0 Å². The molecule has 0 bridgehead atoms. The summed E-state index contributed by atoms with van der Waals surface area (Å²) in [5, 5.41) is 9.34. The van der Waals surface area contributed by atoms with Crippen LogP contribution in [0.2, 0.25) is 0 Å². The van der Waals surface area contributed by atoms with Gasteiger partial charge in [-0.1, -0.05) is 0 Å². The summed E-state index contributed by atoms with van der Waals surface area (Å²) in [5.41, 5.74) is 2.46. The Kier molecular flexibility index (Phi) is 7.35. The van der Waals surface area contributed by atoms with Crippen molar-refractivity contribution in [1.82, 2.24) is 15.3 Å². The number of nitrogens with zero attached hydrogens (tertiary/aromatic N) is 2. The predicted octanol–water partition coefficient (Wildman–Crippen LogP) is 4.41. The molecule has 1 saturated heterocycles. The zero-order valence-corrected chi connectivity index (χ0v) is 21.4. The van der Waals surface area contributed by atoms with E-state index in [1.54, 1.807) is 37.6 Å². The summed E-state index contributed by atoms with van der Waals surface area (Å²) in [6, 6.07) is 12.6. The molecule has 1 aliphatic rings. The molecule has 2 heterocycles. The minimum atomic E-state index is -3.33. The molecule has 10 heteroatoms. The highest BCUT2D eigenvalue weighted by Gasteiger charge is 2.28. The molecule has 33 heavy (non-hydrogen) atoms. The van der Waals surface area contributed by atoms with E-state index in [9.17, 15) is 8.42 Å². The molecule has 0 atom stereocenters. The second kappa shape index (κ2) is 10.2. The maximum absolute atomic E-state index is 12.9. The van der Waals surface area contributed by atoms with E-state index in [-0.39, 0.29) is 5.25 Å². The number of anilines is 4. The minimum Gasteiger partial charge on any atom is -0.496 e. The standard InChI is InChI=1S/C23H26IN5O3S/c1-15-14-26-23(29-22(15)27-17-5-8-20(24)21(13-17)32-2)28-16-3-6-18(7-4-16)33(30,31)19-9-11-25-12-10-19/h3-8,13-14,19,25H,9-12H2,1-2H3,(H2,26,27,28,29). The summed E-state index contributed by atoms with van der Waals surface area (Å²) in [7, 11) is -1.69. The molecular weight excluding hydrogens is 553 g/mol. The number of benzene rings is 2. The average Bonchev–Trinajstić information content (AvgIpc) is 2.83. The molecule has 8 nitrogen and oxygen atoms in total. The first-order chi connectivity index (χ1) is 15.9. The van der Waals surface area contributed by atoms with Crippen LogP contribution in [0.5, 0.6) is 5.75 Å². The van der Waals surface area contributed by atoms with Gasteiger partial charge >= 0.3 is 0 Å². The average molecular weight is 579 g/mol. The van der Waals surface area contributed by atoms with Crippen molar-refractivity contribution in [2.45, 2.75) is 29.9 Å². The summed E-state index contributed by atoms with van der Waals surface area (Å²) in [5.74, 6) is 1.86. The third kappa shape index (κ3) is 5.56. The predicted molar refractivity (Wildman–Crippen MR) is 139 cm³/mol. The summed E-state index contributed by atoms with van der Waals surface area (Å²) in [4.78, 5) is 9.29. The van der Waals surface area contributed by atoms with Gasteiger partial charge in [-0.2, -0.15) is 4.98 Å². The number of hydrogen-bond donors (Lipinski definition) is 3. The van der Waals surface area contributed by atoms with Gasteiger partial charge in [-0.3, -0.25) is 0 Å². The first-order valence-corrected chi connectivity index (χ1v) is 13.3. The Morgan fingerprint density at radius 1 is 1.06 bits per heavy atom. The largest absolute Gasteiger partial charge is 0.496 e. The third-order valence-corrected chi connectivity index (χ3v) is 8.72. The van der Waals surface area contributed by atoms with Crippen molar-refractivity contribution < 1.29 is 13.2 Å². The van der Waals surface area contributed by atoms with Crippen LogP contribution in [-0.4, -0.2) is 43.8 Å². The molecule has 1 aliphatic heterocycles. The number of piperidine rings is 1. The van der Waals surface area contributed by atoms with Gasteiger partial charge in [0, 0.05) is 29.2 Å². The van der Waals surface area contributed by atoms with E-state index >= 15 is 0 Å². The quantitative estimate of drug-likeness (QED) is 0.354. The highest BCUT2D eigenvalue weighted by molar-refractivity contribution is 14.1. The lowest BCUT2D eigenvalue weighted by Gasteiger charge is -2.22. The maximum atomic E-state index is 12.9. The highest BCUT2D eigenvalue weighted by atomic mass is 127. The van der Waals surface area contributed by atoms with Gasteiger partial charge in [0.05, 0.1) is 20.8 Å². The lowest BCUT2D eigenvalue weighted by atomic mass is 10.2. The summed E-state index contributed by atoms with van der Waals surface area (Å²) in [6.07, 6.45) is 3.01. The number of aromatic nitrogens is 2. The molecule has 0 spiro atoms. The minimum absolute atomic E-state index is 0.327. The van der Waals surface area contributed by atoms with Crippen LogP contribution in [0.15, 0.2) is 53.6 Å². The number of nitrogens with one attached hydrogen (secondary N) is 3. The molecule has 3 aromatic rings. The van der Waals surface area contributed by atoms with Gasteiger partial charge in [0.1, 0.15) is 11.6 Å². The number of sulfone groups is 1. The third-order valence-electron chi connectivity index (χ3n) is 5.55. The van der Waals surface area contributed by atoms with Gasteiger partial charge < -0.3 is 20.7 Å². The monoisotopic (exact) mass is 579 g/mol. The van der Waals surface area contributed by atoms with Crippen LogP contribution >= 0.6 is 22.6 Å². The lowest BCUT2D eigenvalue weighted by Crippen LogP contribution is -2.35. The van der Waals surface area contributed by atoms with Gasteiger partial charge in [0.25, 0.3) is 0 Å². The number of ether oxygens (including phenoxy) is 1. The van der Waals surface area contributed by atoms with Crippen molar-refractivity contribution in [3.8, 4) is 5.75 Å². The summed E-state index contributed by atoms with van der Waals surface area (Å²) < 4.78 is 32.2. The maximum Gasteiger partial charge on any atom is 0.229 e. The Morgan fingerprint density at radius 3 is 2.45 bits per heavy atom. The van der Waals surface area contributed by atoms with Crippen LogP contribution in [-0.2, 0) is 9.84 Å². The fraction of sp³-hybridized carbons (Fsp3) is 0.304. The fourth-order valence-electron chi connectivity index (χ4n) is 3.66. The second-order valence-corrected chi connectivity index (χ2v) is 11.2. The molecule has 174 valence electrons. The molecule has 3 N–H and O–H groups in total. The molecule has 0 radical (unpaired) electrons. The number of aryl methyl sites for hydroxylation is 1. The number of rotatable bonds is 7. The first-order valence-electron chi connectivity index (χ1n) is 10.6. The highest BCUT2D eigenvalue weighted by Crippen LogP contribution is 2.28. The van der Waals surface area contributed by atoms with E-state index in [0.29, 0.717) is 35.2 Å². The van der Waals surface area contributed by atoms with E-state index in [4.69, 9.17) is 4.74 Å². The zero-order valence-electron chi connectivity index (χ0n) is 18.4. The van der Waals surface area contributed by atoms with Crippen LogP contribution in [0, 0.1) is 10.5 Å². The fourth-order valence-corrected chi connectivity index (χ4v) is 5.97. The van der Waals surface area contributed by atoms with Crippen molar-refractivity contribution in [3.63, 3.8) is 0 Å². The smallest absolute Gasteiger partial charge is 0.229 e. The van der Waals surface area contributed by atoms with Crippen LogP contribution in [0.25, 0.3) is 0 Å². The lowest BCUT2D eigenvalue weighted by molar-refractivity contribution is 0.412.